The van der Waals surface area contributed by atoms with Crippen LogP contribution < -0.4 is 20.7 Å². The van der Waals surface area contributed by atoms with Crippen molar-refractivity contribution in [2.24, 2.45) is 0 Å². The highest BCUT2D eigenvalue weighted by molar-refractivity contribution is 7.16. The van der Waals surface area contributed by atoms with E-state index in [0.29, 0.717) is 0 Å². The third-order valence-electron chi connectivity index (χ3n) is 3.81. The molecular formula is C20H28Si2. The van der Waals surface area contributed by atoms with E-state index in [9.17, 15) is 0 Å². The second-order valence-corrected chi connectivity index (χ2v) is 11.5. The molecule has 0 saturated heterocycles. The molecule has 2 aromatic carbocycles. The minimum absolute atomic E-state index is 0.434. The molecule has 0 aliphatic carbocycles. The summed E-state index contributed by atoms with van der Waals surface area (Å²) in [6.07, 6.45) is 0. The van der Waals surface area contributed by atoms with Crippen molar-refractivity contribution in [3.63, 3.8) is 0 Å². The second-order valence-electron chi connectivity index (χ2n) is 6.50. The minimum atomic E-state index is -5.88. The van der Waals surface area contributed by atoms with Crippen molar-refractivity contribution < 1.29 is 26.0 Å². The van der Waals surface area contributed by atoms with Gasteiger partial charge in [-0.3, -0.25) is 0 Å². The molecule has 0 bridgehead atoms. The highest BCUT2D eigenvalue weighted by Crippen LogP contribution is 2.25. The van der Waals surface area contributed by atoms with Gasteiger partial charge in [0.1, 0.15) is 16.1 Å². The lowest BCUT2D eigenvalue weighted by Crippen LogP contribution is -2.78. The normalized spacial score (nSPS) is 33.3. The fraction of sp³-hybridized carbons (Fsp3) is 0.400. The molecule has 0 unspecified atom stereocenters. The number of hydrogen-bond donors (Lipinski definition) is 0. The lowest BCUT2D eigenvalue weighted by Gasteiger charge is -2.44. The van der Waals surface area contributed by atoms with Gasteiger partial charge < -0.3 is 0 Å². The van der Waals surface area contributed by atoms with E-state index in [2.05, 4.69) is 0 Å². The van der Waals surface area contributed by atoms with Crippen molar-refractivity contribution in [1.29, 1.82) is 0 Å². The standard InChI is InChI=1S/C20H28Si2/c1-20(2,3)15-11-10-14-18-19(15)22(6,7)17-13-9-8-12-16(17)21(18,4)5/h8-14H,1-7H3/i4D3,5D3,6D3,7D3,8D,9D,10D,11D,12D,13D,14D. The van der Waals surface area contributed by atoms with Gasteiger partial charge in [-0.15, -0.1) is 0 Å². The zero-order valence-electron chi connectivity index (χ0n) is 31.5. The summed E-state index contributed by atoms with van der Waals surface area (Å²) in [5.41, 5.74) is -1.83. The first-order valence-corrected chi connectivity index (χ1v) is 10.8. The molecule has 0 spiro atoms. The summed E-state index contributed by atoms with van der Waals surface area (Å²) < 4.78 is 164. The van der Waals surface area contributed by atoms with Crippen molar-refractivity contribution >= 4 is 36.9 Å². The highest BCUT2D eigenvalue weighted by atomic mass is 28.3. The van der Waals surface area contributed by atoms with Gasteiger partial charge in [0, 0.05) is 16.4 Å². The van der Waals surface area contributed by atoms with Gasteiger partial charge in [-0.2, -0.15) is 0 Å². The SMILES string of the molecule is [2H]c1c([2H])c([2H])c2c(c1[2H])[Si](C([2H])([2H])[2H])(C([2H])([2H])[2H])c1c([2H])c([2H])c([2H])c(C(C)(C)C)c1[Si]2(C([2H])([2H])[2H])C([2H])([2H])[2H]. The number of fused-ring (bicyclic) bond motifs is 2. The number of rotatable bonds is 0. The van der Waals surface area contributed by atoms with Gasteiger partial charge in [0.15, 0.2) is 0 Å². The Labute approximate surface area is 164 Å². The Balaban J connectivity index is 3.19. The largest absolute Gasteiger partial charge is 0.112 e. The van der Waals surface area contributed by atoms with Gasteiger partial charge in [-0.05, 0) is 11.0 Å². The van der Waals surface area contributed by atoms with E-state index in [1.807, 2.05) is 0 Å². The van der Waals surface area contributed by atoms with Gasteiger partial charge in [0.2, 0.25) is 0 Å². The monoisotopic (exact) mass is 343 g/mol. The highest BCUT2D eigenvalue weighted by Gasteiger charge is 2.45. The molecule has 0 atom stereocenters. The predicted octanol–water partition coefficient (Wildman–Crippen LogP) is 2.94. The molecule has 1 aliphatic rings. The zero-order chi connectivity index (χ0) is 32.4. The lowest BCUT2D eigenvalue weighted by molar-refractivity contribution is 0.594. The Morgan fingerprint density at radius 1 is 0.773 bits per heavy atom. The van der Waals surface area contributed by atoms with E-state index in [1.54, 1.807) is 0 Å². The van der Waals surface area contributed by atoms with Crippen molar-refractivity contribution in [1.82, 2.24) is 0 Å². The molecule has 0 aromatic heterocycles. The van der Waals surface area contributed by atoms with E-state index < -0.39 is 116 Å². The molecule has 0 saturated carbocycles. The molecule has 0 radical (unpaired) electrons. The van der Waals surface area contributed by atoms with Crippen LogP contribution in [0.5, 0.6) is 0 Å². The van der Waals surface area contributed by atoms with Crippen LogP contribution in [0.25, 0.3) is 0 Å². The predicted molar refractivity (Wildman–Crippen MR) is 105 cm³/mol. The Morgan fingerprint density at radius 3 is 1.86 bits per heavy atom. The average molecular weight is 344 g/mol. The first-order chi connectivity index (χ1) is 18.0. The van der Waals surface area contributed by atoms with Crippen LogP contribution >= 0.6 is 0 Å². The molecule has 1 heterocycles. The van der Waals surface area contributed by atoms with Crippen LogP contribution in [0.2, 0.25) is 25.9 Å². The Kier molecular flexibility index (Phi) is 1.00. The van der Waals surface area contributed by atoms with Gasteiger partial charge in [0.05, 0.1) is 9.60 Å². The van der Waals surface area contributed by atoms with E-state index >= 15 is 0 Å². The fourth-order valence-corrected chi connectivity index (χ4v) is 8.88. The summed E-state index contributed by atoms with van der Waals surface area (Å²) in [4.78, 5) is 0. The number of benzene rings is 2. The molecule has 0 fully saturated rings. The molecule has 2 heteroatoms. The summed E-state index contributed by atoms with van der Waals surface area (Å²) in [5, 5.41) is -4.02. The van der Waals surface area contributed by atoms with Crippen LogP contribution in [0.15, 0.2) is 42.3 Å². The summed E-state index contributed by atoms with van der Waals surface area (Å²) in [5.74, 6) is 0. The van der Waals surface area contributed by atoms with Crippen LogP contribution in [-0.2, 0) is 5.41 Å². The molecule has 3 rings (SSSR count). The Morgan fingerprint density at radius 2 is 1.32 bits per heavy atom. The molecule has 0 N–H and O–H groups in total. The zero-order valence-corrected chi connectivity index (χ0v) is 14.5. The van der Waals surface area contributed by atoms with E-state index in [-0.39, 0.29) is 0 Å². The third-order valence-corrected chi connectivity index (χ3v) is 8.94. The van der Waals surface area contributed by atoms with E-state index in [0.717, 1.165) is 0 Å². The lowest BCUT2D eigenvalue weighted by atomic mass is 9.87. The summed E-state index contributed by atoms with van der Waals surface area (Å²) >= 11 is 0. The van der Waals surface area contributed by atoms with E-state index in [4.69, 9.17) is 26.0 Å². The summed E-state index contributed by atoms with van der Waals surface area (Å²) in [7, 11) is -11.7. The number of hydrogen-bond acceptors (Lipinski definition) is 0. The maximum Gasteiger partial charge on any atom is 0.112 e. The Bertz CT molecular complexity index is 1410. The smallest absolute Gasteiger partial charge is 0.0627 e. The van der Waals surface area contributed by atoms with Crippen molar-refractivity contribution in [2.75, 3.05) is 0 Å². The molecule has 0 amide bonds. The summed E-state index contributed by atoms with van der Waals surface area (Å²) in [6, 6.07) is -7.41. The Hall–Kier alpha value is -1.13. The van der Waals surface area contributed by atoms with Crippen molar-refractivity contribution in [3.05, 3.63) is 47.9 Å². The van der Waals surface area contributed by atoms with Crippen LogP contribution in [0, 0.1) is 0 Å². The molecule has 0 nitrogen and oxygen atoms in total. The second kappa shape index (κ2) is 4.68. The van der Waals surface area contributed by atoms with Crippen LogP contribution in [0.4, 0.5) is 0 Å². The van der Waals surface area contributed by atoms with Crippen LogP contribution in [0.1, 0.15) is 52.4 Å². The average Bonchev–Trinajstić information content (AvgIpc) is 2.73. The molecule has 116 valence electrons. The first-order valence-electron chi connectivity index (χ1n) is 16.2. The maximum absolute atomic E-state index is 8.87. The van der Waals surface area contributed by atoms with Gasteiger partial charge in [-0.25, -0.2) is 0 Å². The fourth-order valence-electron chi connectivity index (χ4n) is 2.75. The molecular weight excluding hydrogens is 296 g/mol. The van der Waals surface area contributed by atoms with Crippen molar-refractivity contribution in [2.45, 2.75) is 52.1 Å². The molecule has 2 aromatic rings. The van der Waals surface area contributed by atoms with Crippen molar-refractivity contribution in [3.8, 4) is 0 Å². The quantitative estimate of drug-likeness (QED) is 0.645. The van der Waals surface area contributed by atoms with E-state index in [1.165, 1.54) is 20.8 Å². The maximum atomic E-state index is 8.87. The van der Waals surface area contributed by atoms with Gasteiger partial charge >= 0.3 is 0 Å². The third kappa shape index (κ3) is 2.08. The van der Waals surface area contributed by atoms with Gasteiger partial charge in [-0.1, -0.05) is 110 Å². The van der Waals surface area contributed by atoms with Crippen LogP contribution in [0.3, 0.4) is 0 Å². The minimum Gasteiger partial charge on any atom is -0.0627 e. The van der Waals surface area contributed by atoms with Gasteiger partial charge in [0.25, 0.3) is 0 Å². The topological polar surface area (TPSA) is 0 Å². The van der Waals surface area contributed by atoms with Crippen LogP contribution in [-0.4, -0.2) is 16.1 Å². The first kappa shape index (κ1) is 4.70. The molecule has 1 aliphatic heterocycles. The summed E-state index contributed by atoms with van der Waals surface area (Å²) in [6.45, 7) is -10.3. The molecule has 22 heavy (non-hydrogen) atoms.